The third kappa shape index (κ3) is 3.86. The molecule has 0 saturated heterocycles. The molecule has 0 radical (unpaired) electrons. The maximum atomic E-state index is 12.6. The zero-order valence-electron chi connectivity index (χ0n) is 16.3. The van der Waals surface area contributed by atoms with Gasteiger partial charge in [-0.2, -0.15) is 5.10 Å². The van der Waals surface area contributed by atoms with E-state index >= 15 is 0 Å². The number of benzene rings is 1. The Bertz CT molecular complexity index is 972. The SMILES string of the molecule is Cc1cccc(OCc2c(C(=O)NCc3cnn(C)c3C)noc2C)c1C. The first-order valence-corrected chi connectivity index (χ1v) is 8.78. The van der Waals surface area contributed by atoms with Gasteiger partial charge in [-0.15, -0.1) is 0 Å². The summed E-state index contributed by atoms with van der Waals surface area (Å²) in [5.41, 5.74) is 5.09. The van der Waals surface area contributed by atoms with Crippen LogP contribution in [0.1, 0.15) is 44.2 Å². The van der Waals surface area contributed by atoms with Gasteiger partial charge in [-0.05, 0) is 44.9 Å². The van der Waals surface area contributed by atoms with Crippen molar-refractivity contribution in [2.45, 2.75) is 40.8 Å². The number of aromatic nitrogens is 3. The molecule has 3 aromatic rings. The Morgan fingerprint density at radius 2 is 2.04 bits per heavy atom. The molecule has 1 amide bonds. The second-order valence-corrected chi connectivity index (χ2v) is 6.61. The Morgan fingerprint density at radius 1 is 1.26 bits per heavy atom. The Kier molecular flexibility index (Phi) is 5.30. The van der Waals surface area contributed by atoms with Crippen LogP contribution in [0, 0.1) is 27.7 Å². The summed E-state index contributed by atoms with van der Waals surface area (Å²) in [6.07, 6.45) is 1.74. The standard InChI is InChI=1S/C20H24N4O3/c1-12-7-6-8-18(13(12)2)26-11-17-15(4)27-23-19(17)20(25)21-9-16-10-22-24(5)14(16)3/h6-8,10H,9,11H2,1-5H3,(H,21,25). The average molecular weight is 368 g/mol. The fourth-order valence-corrected chi connectivity index (χ4v) is 2.75. The molecule has 0 aliphatic rings. The summed E-state index contributed by atoms with van der Waals surface area (Å²) in [5, 5.41) is 11.0. The van der Waals surface area contributed by atoms with Crippen molar-refractivity contribution in [3.8, 4) is 5.75 Å². The number of ether oxygens (including phenoxy) is 1. The van der Waals surface area contributed by atoms with Gasteiger partial charge < -0.3 is 14.6 Å². The highest BCUT2D eigenvalue weighted by Crippen LogP contribution is 2.23. The van der Waals surface area contributed by atoms with Crippen LogP contribution < -0.4 is 10.1 Å². The molecule has 0 aliphatic heterocycles. The third-order valence-electron chi connectivity index (χ3n) is 4.90. The first kappa shape index (κ1) is 18.7. The van der Waals surface area contributed by atoms with Crippen molar-refractivity contribution in [2.24, 2.45) is 7.05 Å². The molecule has 0 fully saturated rings. The largest absolute Gasteiger partial charge is 0.488 e. The second kappa shape index (κ2) is 7.65. The number of amides is 1. The number of aryl methyl sites for hydroxylation is 3. The number of rotatable bonds is 6. The van der Waals surface area contributed by atoms with E-state index in [9.17, 15) is 4.79 Å². The van der Waals surface area contributed by atoms with Crippen molar-refractivity contribution in [1.29, 1.82) is 0 Å². The summed E-state index contributed by atoms with van der Waals surface area (Å²) in [7, 11) is 1.87. The smallest absolute Gasteiger partial charge is 0.274 e. The molecule has 7 heteroatoms. The summed E-state index contributed by atoms with van der Waals surface area (Å²) >= 11 is 0. The van der Waals surface area contributed by atoms with E-state index in [0.717, 1.165) is 28.1 Å². The predicted octanol–water partition coefficient (Wildman–Crippen LogP) is 3.15. The minimum absolute atomic E-state index is 0.217. The first-order chi connectivity index (χ1) is 12.9. The minimum Gasteiger partial charge on any atom is -0.488 e. The lowest BCUT2D eigenvalue weighted by molar-refractivity contribution is 0.0939. The molecule has 2 aromatic heterocycles. The average Bonchev–Trinajstić information content (AvgIpc) is 3.17. The fourth-order valence-electron chi connectivity index (χ4n) is 2.75. The number of carbonyl (C=O) groups is 1. The molecule has 142 valence electrons. The lowest BCUT2D eigenvalue weighted by Gasteiger charge is -2.11. The van der Waals surface area contributed by atoms with Crippen LogP contribution in [0.2, 0.25) is 0 Å². The molecule has 0 atom stereocenters. The molecule has 7 nitrogen and oxygen atoms in total. The van der Waals surface area contributed by atoms with Gasteiger partial charge in [-0.25, -0.2) is 0 Å². The van der Waals surface area contributed by atoms with Crippen LogP contribution in [0.4, 0.5) is 0 Å². The van der Waals surface area contributed by atoms with Gasteiger partial charge in [0.25, 0.3) is 5.91 Å². The predicted molar refractivity (Wildman–Crippen MR) is 101 cm³/mol. The Balaban J connectivity index is 1.71. The zero-order chi connectivity index (χ0) is 19.6. The van der Waals surface area contributed by atoms with Crippen LogP contribution in [0.15, 0.2) is 28.9 Å². The van der Waals surface area contributed by atoms with Gasteiger partial charge in [0.2, 0.25) is 0 Å². The molecule has 0 unspecified atom stereocenters. The van der Waals surface area contributed by atoms with Gasteiger partial charge in [-0.1, -0.05) is 17.3 Å². The van der Waals surface area contributed by atoms with E-state index in [4.69, 9.17) is 9.26 Å². The van der Waals surface area contributed by atoms with E-state index in [2.05, 4.69) is 15.6 Å². The van der Waals surface area contributed by atoms with Crippen LogP contribution in [0.3, 0.4) is 0 Å². The molecular formula is C20H24N4O3. The van der Waals surface area contributed by atoms with Gasteiger partial charge in [0.1, 0.15) is 18.1 Å². The first-order valence-electron chi connectivity index (χ1n) is 8.78. The van der Waals surface area contributed by atoms with Crippen molar-refractivity contribution in [3.63, 3.8) is 0 Å². The molecule has 27 heavy (non-hydrogen) atoms. The molecular weight excluding hydrogens is 344 g/mol. The van der Waals surface area contributed by atoms with Crippen molar-refractivity contribution in [3.05, 3.63) is 63.8 Å². The summed E-state index contributed by atoms with van der Waals surface area (Å²) in [4.78, 5) is 12.6. The number of nitrogens with zero attached hydrogens (tertiary/aromatic N) is 3. The number of nitrogens with one attached hydrogen (secondary N) is 1. The van der Waals surface area contributed by atoms with Crippen LogP contribution in [-0.4, -0.2) is 20.8 Å². The summed E-state index contributed by atoms with van der Waals surface area (Å²) in [6.45, 7) is 8.37. The van der Waals surface area contributed by atoms with Crippen molar-refractivity contribution >= 4 is 5.91 Å². The van der Waals surface area contributed by atoms with Gasteiger partial charge in [0.15, 0.2) is 5.69 Å². The highest BCUT2D eigenvalue weighted by molar-refractivity contribution is 5.93. The quantitative estimate of drug-likeness (QED) is 0.723. The van der Waals surface area contributed by atoms with Gasteiger partial charge in [-0.3, -0.25) is 9.48 Å². The molecule has 0 bridgehead atoms. The van der Waals surface area contributed by atoms with E-state index in [1.807, 2.05) is 46.0 Å². The van der Waals surface area contributed by atoms with Gasteiger partial charge in [0.05, 0.1) is 11.8 Å². The maximum absolute atomic E-state index is 12.6. The van der Waals surface area contributed by atoms with Crippen LogP contribution in [-0.2, 0) is 20.2 Å². The van der Waals surface area contributed by atoms with E-state index in [1.165, 1.54) is 0 Å². The number of carbonyl (C=O) groups excluding carboxylic acids is 1. The van der Waals surface area contributed by atoms with Crippen molar-refractivity contribution < 1.29 is 14.1 Å². The lowest BCUT2D eigenvalue weighted by atomic mass is 10.1. The number of hydrogen-bond acceptors (Lipinski definition) is 5. The Morgan fingerprint density at radius 3 is 2.74 bits per heavy atom. The third-order valence-corrected chi connectivity index (χ3v) is 4.90. The van der Waals surface area contributed by atoms with Crippen molar-refractivity contribution in [1.82, 2.24) is 20.3 Å². The van der Waals surface area contributed by atoms with E-state index in [0.29, 0.717) is 17.9 Å². The summed E-state index contributed by atoms with van der Waals surface area (Å²) in [5.74, 6) is 1.06. The van der Waals surface area contributed by atoms with Crippen molar-refractivity contribution in [2.75, 3.05) is 0 Å². The van der Waals surface area contributed by atoms with E-state index in [-0.39, 0.29) is 18.2 Å². The normalized spacial score (nSPS) is 10.9. The molecule has 1 aromatic carbocycles. The lowest BCUT2D eigenvalue weighted by Crippen LogP contribution is -2.24. The zero-order valence-corrected chi connectivity index (χ0v) is 16.3. The Hall–Kier alpha value is -3.09. The highest BCUT2D eigenvalue weighted by Gasteiger charge is 2.21. The fraction of sp³-hybridized carbons (Fsp3) is 0.350. The highest BCUT2D eigenvalue weighted by atomic mass is 16.5. The van der Waals surface area contributed by atoms with Crippen LogP contribution in [0.25, 0.3) is 0 Å². The molecule has 2 heterocycles. The summed E-state index contributed by atoms with van der Waals surface area (Å²) in [6, 6.07) is 5.89. The molecule has 0 spiro atoms. The second-order valence-electron chi connectivity index (χ2n) is 6.61. The number of hydrogen-bond donors (Lipinski definition) is 1. The monoisotopic (exact) mass is 368 g/mol. The van der Waals surface area contributed by atoms with Gasteiger partial charge in [0, 0.05) is 24.8 Å². The van der Waals surface area contributed by atoms with Crippen LogP contribution >= 0.6 is 0 Å². The molecule has 0 aliphatic carbocycles. The van der Waals surface area contributed by atoms with E-state index in [1.54, 1.807) is 17.8 Å². The van der Waals surface area contributed by atoms with Crippen LogP contribution in [0.5, 0.6) is 5.75 Å². The topological polar surface area (TPSA) is 82.2 Å². The molecule has 0 saturated carbocycles. The summed E-state index contributed by atoms with van der Waals surface area (Å²) < 4.78 is 12.9. The Labute approximate surface area is 158 Å². The molecule has 1 N–H and O–H groups in total. The van der Waals surface area contributed by atoms with E-state index < -0.39 is 0 Å². The minimum atomic E-state index is -0.297. The van der Waals surface area contributed by atoms with Gasteiger partial charge >= 0.3 is 0 Å². The maximum Gasteiger partial charge on any atom is 0.274 e. The molecule has 3 rings (SSSR count).